The minimum Gasteiger partial charge on any atom is -0.354 e. The van der Waals surface area contributed by atoms with Crippen LogP contribution in [0.1, 0.15) is 45.4 Å². The van der Waals surface area contributed by atoms with Gasteiger partial charge in [-0.05, 0) is 45.9 Å². The molecule has 0 saturated carbocycles. The van der Waals surface area contributed by atoms with Gasteiger partial charge in [-0.1, -0.05) is 32.0 Å². The van der Waals surface area contributed by atoms with E-state index in [-0.39, 0.29) is 11.9 Å². The predicted octanol–water partition coefficient (Wildman–Crippen LogP) is 4.08. The second-order valence-corrected chi connectivity index (χ2v) is 9.05. The first-order chi connectivity index (χ1) is 14.9. The summed E-state index contributed by atoms with van der Waals surface area (Å²) in [6.07, 6.45) is 0.881. The smallest absolute Gasteiger partial charge is 0.240 e. The second-order valence-electron chi connectivity index (χ2n) is 8.40. The minimum atomic E-state index is -0.546. The fourth-order valence-electron chi connectivity index (χ4n) is 4.15. The maximum Gasteiger partial charge on any atom is 0.240 e. The third-order valence-electron chi connectivity index (χ3n) is 6.35. The van der Waals surface area contributed by atoms with E-state index in [4.69, 9.17) is 16.7 Å². The van der Waals surface area contributed by atoms with Crippen LogP contribution in [0.2, 0.25) is 0 Å². The molecule has 3 rings (SSSR count). The van der Waals surface area contributed by atoms with Crippen LogP contribution in [0, 0.1) is 6.92 Å². The Kier molecular flexibility index (Phi) is 8.00. The maximum atomic E-state index is 13.0. The largest absolute Gasteiger partial charge is 0.354 e. The van der Waals surface area contributed by atoms with E-state index in [2.05, 4.69) is 47.4 Å². The van der Waals surface area contributed by atoms with Crippen molar-refractivity contribution in [3.8, 4) is 5.69 Å². The molecule has 0 bridgehead atoms. The van der Waals surface area contributed by atoms with Crippen molar-refractivity contribution in [1.29, 1.82) is 0 Å². The molecule has 1 amide bonds. The number of carbonyl (C=O) groups excluding carboxylic acids is 1. The van der Waals surface area contributed by atoms with Crippen molar-refractivity contribution >= 4 is 23.3 Å². The number of benzene rings is 1. The van der Waals surface area contributed by atoms with E-state index in [1.165, 1.54) is 0 Å². The number of halogens is 1. The van der Waals surface area contributed by atoms with Gasteiger partial charge in [-0.3, -0.25) is 4.79 Å². The molecule has 2 aromatic rings. The lowest BCUT2D eigenvalue weighted by Crippen LogP contribution is -2.47. The van der Waals surface area contributed by atoms with Gasteiger partial charge in [0.25, 0.3) is 0 Å². The first kappa shape index (κ1) is 23.6. The molecule has 1 aliphatic rings. The Morgan fingerprint density at radius 1 is 1.13 bits per heavy atom. The number of rotatable bonds is 8. The van der Waals surface area contributed by atoms with Crippen molar-refractivity contribution in [3.63, 3.8) is 0 Å². The zero-order chi connectivity index (χ0) is 22.5. The van der Waals surface area contributed by atoms with Gasteiger partial charge < -0.3 is 14.7 Å². The van der Waals surface area contributed by atoms with Crippen LogP contribution in [0.5, 0.6) is 0 Å². The summed E-state index contributed by atoms with van der Waals surface area (Å²) in [7, 11) is 0. The van der Waals surface area contributed by atoms with Crippen LogP contribution >= 0.6 is 11.6 Å². The van der Waals surface area contributed by atoms with Crippen molar-refractivity contribution in [2.75, 3.05) is 37.6 Å². The standard InChI is InChI=1S/C24H36ClN5O/c1-6-18(3)29(24(31)19(4)25)17-22-20(5)26-30(21-11-9-8-10-12-21)23(22)28-15-13-27(7-2)14-16-28/h8-12,18-19H,6-7,13-17H2,1-5H3. The number of carbonyl (C=O) groups is 1. The van der Waals surface area contributed by atoms with Crippen LogP contribution in [0.4, 0.5) is 5.82 Å². The summed E-state index contributed by atoms with van der Waals surface area (Å²) in [4.78, 5) is 19.8. The predicted molar refractivity (Wildman–Crippen MR) is 128 cm³/mol. The summed E-state index contributed by atoms with van der Waals surface area (Å²) >= 11 is 6.22. The van der Waals surface area contributed by atoms with Gasteiger partial charge in [0.1, 0.15) is 11.2 Å². The zero-order valence-electron chi connectivity index (χ0n) is 19.5. The third kappa shape index (κ3) is 5.24. The van der Waals surface area contributed by atoms with Crippen LogP contribution < -0.4 is 4.90 Å². The van der Waals surface area contributed by atoms with Crippen LogP contribution in [0.15, 0.2) is 30.3 Å². The number of amides is 1. The lowest BCUT2D eigenvalue weighted by Gasteiger charge is -2.37. The Morgan fingerprint density at radius 2 is 1.77 bits per heavy atom. The van der Waals surface area contributed by atoms with E-state index in [1.54, 1.807) is 6.92 Å². The number of aromatic nitrogens is 2. The number of anilines is 1. The number of nitrogens with zero attached hydrogens (tertiary/aromatic N) is 5. The summed E-state index contributed by atoms with van der Waals surface area (Å²) < 4.78 is 2.05. The van der Waals surface area contributed by atoms with Gasteiger partial charge >= 0.3 is 0 Å². The maximum absolute atomic E-state index is 13.0. The summed E-state index contributed by atoms with van der Waals surface area (Å²) in [5, 5.41) is 4.38. The molecule has 7 heteroatoms. The molecule has 0 spiro atoms. The van der Waals surface area contributed by atoms with Crippen molar-refractivity contribution in [2.45, 2.75) is 59.0 Å². The van der Waals surface area contributed by atoms with Crippen LogP contribution in [-0.4, -0.2) is 69.6 Å². The second kappa shape index (κ2) is 10.5. The van der Waals surface area contributed by atoms with Crippen molar-refractivity contribution in [3.05, 3.63) is 41.6 Å². The van der Waals surface area contributed by atoms with Gasteiger partial charge in [0.05, 0.1) is 17.9 Å². The van der Waals surface area contributed by atoms with Gasteiger partial charge in [0.15, 0.2) is 0 Å². The lowest BCUT2D eigenvalue weighted by molar-refractivity contribution is -0.133. The fraction of sp³-hybridized carbons (Fsp3) is 0.583. The normalized spacial score (nSPS) is 16.9. The SMILES string of the molecule is CCC(C)N(Cc1c(C)nn(-c2ccccc2)c1N1CCN(CC)CC1)C(=O)C(C)Cl. The fourth-order valence-corrected chi connectivity index (χ4v) is 4.28. The molecule has 1 aromatic heterocycles. The summed E-state index contributed by atoms with van der Waals surface area (Å²) in [5.74, 6) is 1.08. The Balaban J connectivity index is 2.04. The number of hydrogen-bond donors (Lipinski definition) is 0. The van der Waals surface area contributed by atoms with Crippen molar-refractivity contribution in [1.82, 2.24) is 19.6 Å². The van der Waals surface area contributed by atoms with Crippen LogP contribution in [0.25, 0.3) is 5.69 Å². The number of likely N-dealkylation sites (N-methyl/N-ethyl adjacent to an activating group) is 1. The molecule has 1 aromatic carbocycles. The molecular weight excluding hydrogens is 410 g/mol. The number of piperazine rings is 1. The Labute approximate surface area is 191 Å². The number of para-hydroxylation sites is 1. The van der Waals surface area contributed by atoms with Gasteiger partial charge in [-0.2, -0.15) is 5.10 Å². The van der Waals surface area contributed by atoms with Gasteiger partial charge in [-0.25, -0.2) is 4.68 Å². The summed E-state index contributed by atoms with van der Waals surface area (Å²) in [5.41, 5.74) is 3.11. The van der Waals surface area contributed by atoms with E-state index in [0.29, 0.717) is 6.54 Å². The molecule has 1 fully saturated rings. The van der Waals surface area contributed by atoms with Crippen LogP contribution in [-0.2, 0) is 11.3 Å². The van der Waals surface area contributed by atoms with Gasteiger partial charge in [-0.15, -0.1) is 11.6 Å². The molecule has 6 nitrogen and oxygen atoms in total. The molecule has 0 N–H and O–H groups in total. The lowest BCUT2D eigenvalue weighted by atomic mass is 10.1. The molecule has 1 saturated heterocycles. The molecule has 2 atom stereocenters. The average molecular weight is 446 g/mol. The first-order valence-electron chi connectivity index (χ1n) is 11.4. The first-order valence-corrected chi connectivity index (χ1v) is 11.9. The summed E-state index contributed by atoms with van der Waals surface area (Å²) in [6, 6.07) is 10.4. The monoisotopic (exact) mass is 445 g/mol. The quantitative estimate of drug-likeness (QED) is 0.574. The van der Waals surface area contributed by atoms with Gasteiger partial charge in [0.2, 0.25) is 5.91 Å². The van der Waals surface area contributed by atoms with Crippen LogP contribution in [0.3, 0.4) is 0 Å². The molecule has 0 radical (unpaired) electrons. The minimum absolute atomic E-state index is 0.0235. The highest BCUT2D eigenvalue weighted by Crippen LogP contribution is 2.30. The molecule has 2 unspecified atom stereocenters. The number of hydrogen-bond acceptors (Lipinski definition) is 4. The van der Waals surface area contributed by atoms with Crippen molar-refractivity contribution < 1.29 is 4.79 Å². The van der Waals surface area contributed by atoms with E-state index < -0.39 is 5.38 Å². The highest BCUT2D eigenvalue weighted by atomic mass is 35.5. The van der Waals surface area contributed by atoms with Gasteiger partial charge in [0, 0.05) is 37.8 Å². The van der Waals surface area contributed by atoms with E-state index in [0.717, 1.165) is 61.9 Å². The molecule has 0 aliphatic carbocycles. The van der Waals surface area contributed by atoms with E-state index in [1.807, 2.05) is 30.0 Å². The molecule has 1 aliphatic heterocycles. The number of alkyl halides is 1. The topological polar surface area (TPSA) is 44.6 Å². The zero-order valence-corrected chi connectivity index (χ0v) is 20.3. The van der Waals surface area contributed by atoms with E-state index >= 15 is 0 Å². The summed E-state index contributed by atoms with van der Waals surface area (Å²) in [6.45, 7) is 15.8. The van der Waals surface area contributed by atoms with E-state index in [9.17, 15) is 4.79 Å². The highest BCUT2D eigenvalue weighted by molar-refractivity contribution is 6.30. The van der Waals surface area contributed by atoms with Crippen molar-refractivity contribution in [2.24, 2.45) is 0 Å². The number of aryl methyl sites for hydroxylation is 1. The third-order valence-corrected chi connectivity index (χ3v) is 6.54. The molecule has 31 heavy (non-hydrogen) atoms. The molecule has 170 valence electrons. The Bertz CT molecular complexity index is 858. The average Bonchev–Trinajstić information content (AvgIpc) is 3.12. The Hall–Kier alpha value is -2.05. The Morgan fingerprint density at radius 3 is 2.32 bits per heavy atom. The molecule has 2 heterocycles. The molecular formula is C24H36ClN5O. The highest BCUT2D eigenvalue weighted by Gasteiger charge is 2.30.